The van der Waals surface area contributed by atoms with Crippen molar-refractivity contribution < 1.29 is 24.2 Å². The number of carbonyl (C=O) groups excluding carboxylic acids is 1. The highest BCUT2D eigenvalue weighted by molar-refractivity contribution is 5.84. The fourth-order valence-corrected chi connectivity index (χ4v) is 4.09. The average molecular weight is 498 g/mol. The third kappa shape index (κ3) is 9.15. The number of nitrogens with zero attached hydrogens (tertiary/aromatic N) is 2. The molecule has 8 nitrogen and oxygen atoms in total. The lowest BCUT2D eigenvalue weighted by molar-refractivity contribution is -0.145. The van der Waals surface area contributed by atoms with E-state index in [-0.39, 0.29) is 17.7 Å². The summed E-state index contributed by atoms with van der Waals surface area (Å²) in [7, 11) is 0. The molecule has 0 fully saturated rings. The first-order valence-corrected chi connectivity index (χ1v) is 12.7. The van der Waals surface area contributed by atoms with E-state index in [0.717, 1.165) is 42.1 Å². The van der Waals surface area contributed by atoms with E-state index < -0.39 is 11.9 Å². The molecule has 0 bridgehead atoms. The van der Waals surface area contributed by atoms with E-state index in [1.807, 2.05) is 36.4 Å². The third-order valence-corrected chi connectivity index (χ3v) is 6.15. The van der Waals surface area contributed by atoms with E-state index in [1.165, 1.54) is 0 Å². The van der Waals surface area contributed by atoms with E-state index in [9.17, 15) is 14.7 Å². The predicted octanol–water partition coefficient (Wildman–Crippen LogP) is 4.39. The van der Waals surface area contributed by atoms with Crippen LogP contribution >= 0.6 is 0 Å². The molecule has 3 rings (SSSR count). The second-order valence-corrected chi connectivity index (χ2v) is 10.5. The van der Waals surface area contributed by atoms with Gasteiger partial charge < -0.3 is 24.8 Å². The molecule has 0 radical (unpaired) electrons. The molecule has 196 valence electrons. The smallest absolute Gasteiger partial charge is 0.304 e. The van der Waals surface area contributed by atoms with Gasteiger partial charge in [-0.25, -0.2) is 4.98 Å². The van der Waals surface area contributed by atoms with Crippen LogP contribution in [-0.2, 0) is 27.3 Å². The molecule has 2 heterocycles. The Bertz CT molecular complexity index is 990. The number of ether oxygens (including phenoxy) is 2. The summed E-state index contributed by atoms with van der Waals surface area (Å²) < 4.78 is 11.8. The second-order valence-electron chi connectivity index (χ2n) is 10.5. The van der Waals surface area contributed by atoms with Crippen molar-refractivity contribution in [3.63, 3.8) is 0 Å². The maximum atomic E-state index is 13.2. The van der Waals surface area contributed by atoms with E-state index in [0.29, 0.717) is 39.3 Å². The number of aliphatic carboxylic acids is 1. The van der Waals surface area contributed by atoms with Crippen LogP contribution in [0.25, 0.3) is 0 Å². The zero-order valence-electron chi connectivity index (χ0n) is 21.7. The summed E-state index contributed by atoms with van der Waals surface area (Å²) in [5.74, 6) is -0.0843. The molecular weight excluding hydrogens is 458 g/mol. The first kappa shape index (κ1) is 27.5. The van der Waals surface area contributed by atoms with Gasteiger partial charge in [0.1, 0.15) is 11.6 Å². The number of carboxylic acids is 1. The van der Waals surface area contributed by atoms with Crippen LogP contribution in [0.1, 0.15) is 51.2 Å². The molecule has 1 amide bonds. The number of hydrogen-bond donors (Lipinski definition) is 2. The Balaban J connectivity index is 1.58. The van der Waals surface area contributed by atoms with E-state index in [4.69, 9.17) is 9.47 Å². The molecule has 1 aliphatic heterocycles. The van der Waals surface area contributed by atoms with Gasteiger partial charge in [0.05, 0.1) is 25.6 Å². The molecule has 2 N–H and O–H groups in total. The minimum atomic E-state index is -0.961. The van der Waals surface area contributed by atoms with Crippen LogP contribution < -0.4 is 10.1 Å². The first-order valence-electron chi connectivity index (χ1n) is 12.7. The number of benzene rings is 1. The molecule has 1 atom stereocenters. The van der Waals surface area contributed by atoms with Gasteiger partial charge in [0, 0.05) is 32.4 Å². The molecule has 0 spiro atoms. The topological polar surface area (TPSA) is 101 Å². The largest absolute Gasteiger partial charge is 0.494 e. The zero-order valence-corrected chi connectivity index (χ0v) is 21.7. The Morgan fingerprint density at radius 3 is 2.72 bits per heavy atom. The lowest BCUT2D eigenvalue weighted by Crippen LogP contribution is -2.37. The molecule has 1 aliphatic rings. The Kier molecular flexibility index (Phi) is 10.1. The van der Waals surface area contributed by atoms with Crippen molar-refractivity contribution in [2.45, 2.75) is 53.0 Å². The number of anilines is 1. The van der Waals surface area contributed by atoms with Gasteiger partial charge in [-0.15, -0.1) is 0 Å². The van der Waals surface area contributed by atoms with Crippen molar-refractivity contribution in [1.82, 2.24) is 9.88 Å². The quantitative estimate of drug-likeness (QED) is 0.396. The van der Waals surface area contributed by atoms with Crippen LogP contribution in [0.15, 0.2) is 42.6 Å². The highest BCUT2D eigenvalue weighted by Crippen LogP contribution is 2.28. The SMILES string of the molecule is CC(C)(C)CCOCCN1Cc2cc(OCCCNc3ccccn3)ccc2C[C@@H](CC(=O)O)C1=O. The number of rotatable bonds is 13. The van der Waals surface area contributed by atoms with Crippen LogP contribution in [0.5, 0.6) is 5.75 Å². The number of aromatic nitrogens is 1. The maximum absolute atomic E-state index is 13.2. The van der Waals surface area contributed by atoms with Gasteiger partial charge in [0.15, 0.2) is 0 Å². The van der Waals surface area contributed by atoms with Gasteiger partial charge in [-0.1, -0.05) is 32.9 Å². The molecule has 2 aromatic rings. The predicted molar refractivity (Wildman–Crippen MR) is 139 cm³/mol. The average Bonchev–Trinajstić information content (AvgIpc) is 2.94. The maximum Gasteiger partial charge on any atom is 0.304 e. The van der Waals surface area contributed by atoms with Crippen molar-refractivity contribution in [3.8, 4) is 5.75 Å². The van der Waals surface area contributed by atoms with Crippen LogP contribution in [0.2, 0.25) is 0 Å². The number of hydrogen-bond acceptors (Lipinski definition) is 6. The van der Waals surface area contributed by atoms with Crippen LogP contribution in [-0.4, -0.2) is 59.8 Å². The second kappa shape index (κ2) is 13.3. The first-order chi connectivity index (χ1) is 17.2. The van der Waals surface area contributed by atoms with Crippen molar-refractivity contribution in [2.24, 2.45) is 11.3 Å². The normalized spacial score (nSPS) is 15.8. The van der Waals surface area contributed by atoms with Gasteiger partial charge in [-0.05, 0) is 60.1 Å². The molecule has 36 heavy (non-hydrogen) atoms. The summed E-state index contributed by atoms with van der Waals surface area (Å²) >= 11 is 0. The van der Waals surface area contributed by atoms with Crippen LogP contribution in [0, 0.1) is 11.3 Å². The number of carbonyl (C=O) groups is 2. The molecular formula is C28H39N3O5. The Morgan fingerprint density at radius 1 is 1.17 bits per heavy atom. The van der Waals surface area contributed by atoms with Crippen molar-refractivity contribution in [2.75, 3.05) is 38.2 Å². The van der Waals surface area contributed by atoms with Gasteiger partial charge in [0.25, 0.3) is 0 Å². The molecule has 0 unspecified atom stereocenters. The van der Waals surface area contributed by atoms with Gasteiger partial charge in [-0.2, -0.15) is 0 Å². The number of carboxylic acid groups (broad SMARTS) is 1. The third-order valence-electron chi connectivity index (χ3n) is 6.15. The van der Waals surface area contributed by atoms with Crippen LogP contribution in [0.4, 0.5) is 5.82 Å². The Hall–Kier alpha value is -3.13. The molecule has 1 aromatic carbocycles. The van der Waals surface area contributed by atoms with E-state index in [1.54, 1.807) is 11.1 Å². The lowest BCUT2D eigenvalue weighted by Gasteiger charge is -2.24. The van der Waals surface area contributed by atoms with E-state index in [2.05, 4.69) is 31.1 Å². The zero-order chi connectivity index (χ0) is 26.0. The lowest BCUT2D eigenvalue weighted by atomic mass is 9.93. The molecule has 8 heteroatoms. The molecule has 0 saturated heterocycles. The van der Waals surface area contributed by atoms with Gasteiger partial charge in [-0.3, -0.25) is 9.59 Å². The summed E-state index contributed by atoms with van der Waals surface area (Å²) in [4.78, 5) is 30.6. The number of pyridine rings is 1. The fraction of sp³-hybridized carbons (Fsp3) is 0.536. The fourth-order valence-electron chi connectivity index (χ4n) is 4.09. The monoisotopic (exact) mass is 497 g/mol. The Morgan fingerprint density at radius 2 is 2.00 bits per heavy atom. The number of fused-ring (bicyclic) bond motifs is 1. The van der Waals surface area contributed by atoms with Gasteiger partial charge in [0.2, 0.25) is 5.91 Å². The number of amides is 1. The highest BCUT2D eigenvalue weighted by Gasteiger charge is 2.31. The summed E-state index contributed by atoms with van der Waals surface area (Å²) in [6.07, 6.45) is 3.73. The van der Waals surface area contributed by atoms with Crippen molar-refractivity contribution in [3.05, 3.63) is 53.7 Å². The van der Waals surface area contributed by atoms with E-state index >= 15 is 0 Å². The standard InChI is InChI=1S/C28H39N3O5/c1-28(2,3)10-15-35-16-13-31-20-23-18-24(36-14-6-12-30-25-7-4-5-11-29-25)9-8-21(23)17-22(27(31)34)19-26(32)33/h4-5,7-9,11,18,22H,6,10,12-17,19-20H2,1-3H3,(H,29,30)(H,32,33)/t22-/m0/s1. The minimum Gasteiger partial charge on any atom is -0.494 e. The van der Waals surface area contributed by atoms with Crippen molar-refractivity contribution in [1.29, 1.82) is 0 Å². The van der Waals surface area contributed by atoms with Crippen molar-refractivity contribution >= 4 is 17.7 Å². The summed E-state index contributed by atoms with van der Waals surface area (Å²) in [6, 6.07) is 11.6. The molecule has 0 aliphatic carbocycles. The minimum absolute atomic E-state index is 0.129. The van der Waals surface area contributed by atoms with Gasteiger partial charge >= 0.3 is 5.97 Å². The summed E-state index contributed by atoms with van der Waals surface area (Å²) in [6.45, 7) is 9.70. The van der Waals surface area contributed by atoms with Crippen LogP contribution in [0.3, 0.4) is 0 Å². The summed E-state index contributed by atoms with van der Waals surface area (Å²) in [5.41, 5.74) is 2.18. The molecule has 1 aromatic heterocycles. The Labute approximate surface area is 214 Å². The number of nitrogens with one attached hydrogen (secondary N) is 1. The highest BCUT2D eigenvalue weighted by atomic mass is 16.5. The molecule has 0 saturated carbocycles. The summed E-state index contributed by atoms with van der Waals surface area (Å²) in [5, 5.41) is 12.6.